The third-order valence-corrected chi connectivity index (χ3v) is 4.38. The van der Waals surface area contributed by atoms with Gasteiger partial charge >= 0.3 is 0 Å². The van der Waals surface area contributed by atoms with E-state index in [1.165, 1.54) is 12.8 Å². The van der Waals surface area contributed by atoms with E-state index in [1.54, 1.807) is 0 Å². The van der Waals surface area contributed by atoms with Gasteiger partial charge in [0.2, 0.25) is 5.91 Å². The van der Waals surface area contributed by atoms with Gasteiger partial charge in [0.05, 0.1) is 0 Å². The molecular formula is C17H27ClN2O. The number of carbonyl (C=O) groups excluding carboxylic acids is 1. The highest BCUT2D eigenvalue weighted by Crippen LogP contribution is 2.34. The Labute approximate surface area is 134 Å². The Morgan fingerprint density at radius 2 is 1.90 bits per heavy atom. The Morgan fingerprint density at radius 1 is 1.29 bits per heavy atom. The van der Waals surface area contributed by atoms with Gasteiger partial charge in [-0.25, -0.2) is 0 Å². The Kier molecular flexibility index (Phi) is 6.53. The van der Waals surface area contributed by atoms with E-state index < -0.39 is 0 Å². The molecule has 1 aromatic rings. The van der Waals surface area contributed by atoms with Crippen molar-refractivity contribution in [1.82, 2.24) is 5.32 Å². The quantitative estimate of drug-likeness (QED) is 0.833. The summed E-state index contributed by atoms with van der Waals surface area (Å²) in [5.74, 6) is 0.151. The van der Waals surface area contributed by atoms with Crippen LogP contribution in [0, 0.1) is 5.41 Å². The molecule has 1 aliphatic carbocycles. The fourth-order valence-corrected chi connectivity index (χ4v) is 2.85. The van der Waals surface area contributed by atoms with E-state index >= 15 is 0 Å². The molecule has 0 spiro atoms. The largest absolute Gasteiger partial charge is 0.399 e. The van der Waals surface area contributed by atoms with E-state index in [0.717, 1.165) is 30.5 Å². The second-order valence-electron chi connectivity index (χ2n) is 6.70. The van der Waals surface area contributed by atoms with E-state index in [4.69, 9.17) is 5.73 Å². The van der Waals surface area contributed by atoms with Crippen molar-refractivity contribution >= 4 is 24.0 Å². The first-order valence-corrected chi connectivity index (χ1v) is 7.59. The number of para-hydroxylation sites is 1. The number of hydrogen-bond acceptors (Lipinski definition) is 2. The van der Waals surface area contributed by atoms with Gasteiger partial charge in [0.1, 0.15) is 0 Å². The first-order valence-electron chi connectivity index (χ1n) is 7.59. The number of benzene rings is 1. The maximum Gasteiger partial charge on any atom is 0.220 e. The molecule has 21 heavy (non-hydrogen) atoms. The van der Waals surface area contributed by atoms with Gasteiger partial charge in [0.15, 0.2) is 0 Å². The van der Waals surface area contributed by atoms with E-state index in [9.17, 15) is 4.79 Å². The molecule has 1 fully saturated rings. The van der Waals surface area contributed by atoms with Crippen LogP contribution >= 0.6 is 12.4 Å². The van der Waals surface area contributed by atoms with Gasteiger partial charge in [-0.1, -0.05) is 32.0 Å². The third-order valence-electron chi connectivity index (χ3n) is 4.38. The fourth-order valence-electron chi connectivity index (χ4n) is 2.85. The lowest BCUT2D eigenvalue weighted by molar-refractivity contribution is -0.122. The maximum absolute atomic E-state index is 12.0. The van der Waals surface area contributed by atoms with Crippen LogP contribution in [0.3, 0.4) is 0 Å². The van der Waals surface area contributed by atoms with Crippen LogP contribution in [-0.2, 0) is 11.2 Å². The number of rotatable bonds is 4. The van der Waals surface area contributed by atoms with Crippen molar-refractivity contribution in [2.45, 2.75) is 58.4 Å². The van der Waals surface area contributed by atoms with Gasteiger partial charge in [-0.2, -0.15) is 0 Å². The molecule has 0 heterocycles. The standard InChI is InChI=1S/C17H26N2O.ClH/c1-17(2)11-9-14(10-12-17)19-16(20)8-7-13-5-3-4-6-15(13)18;/h3-6,14H,7-12,18H2,1-2H3,(H,19,20);1H. The summed E-state index contributed by atoms with van der Waals surface area (Å²) >= 11 is 0. The Bertz CT molecular complexity index is 464. The zero-order valence-electron chi connectivity index (χ0n) is 13.0. The second kappa shape index (κ2) is 7.69. The zero-order chi connectivity index (χ0) is 14.6. The summed E-state index contributed by atoms with van der Waals surface area (Å²) in [7, 11) is 0. The van der Waals surface area contributed by atoms with Crippen molar-refractivity contribution < 1.29 is 4.79 Å². The molecule has 0 aliphatic heterocycles. The summed E-state index contributed by atoms with van der Waals surface area (Å²) in [5, 5.41) is 3.17. The zero-order valence-corrected chi connectivity index (χ0v) is 13.8. The number of nitrogen functional groups attached to an aromatic ring is 1. The Hall–Kier alpha value is -1.22. The normalized spacial score (nSPS) is 17.8. The predicted octanol–water partition coefficient (Wildman–Crippen LogP) is 3.71. The Balaban J connectivity index is 0.00000220. The highest BCUT2D eigenvalue weighted by molar-refractivity contribution is 5.85. The molecule has 0 unspecified atom stereocenters. The smallest absolute Gasteiger partial charge is 0.220 e. The molecule has 0 aromatic heterocycles. The van der Waals surface area contributed by atoms with Crippen molar-refractivity contribution in [2.24, 2.45) is 5.41 Å². The fraction of sp³-hybridized carbons (Fsp3) is 0.588. The SMILES string of the molecule is CC1(C)CCC(NC(=O)CCc2ccccc2N)CC1.Cl. The molecule has 1 aliphatic rings. The van der Waals surface area contributed by atoms with Gasteiger partial charge in [-0.3, -0.25) is 4.79 Å². The minimum absolute atomic E-state index is 0. The number of aryl methyl sites for hydroxylation is 1. The number of carbonyl (C=O) groups is 1. The van der Waals surface area contributed by atoms with Crippen LogP contribution in [0.25, 0.3) is 0 Å². The minimum atomic E-state index is 0. The molecule has 4 heteroatoms. The molecular weight excluding hydrogens is 284 g/mol. The lowest BCUT2D eigenvalue weighted by Gasteiger charge is -2.34. The summed E-state index contributed by atoms with van der Waals surface area (Å²) in [6, 6.07) is 8.13. The molecule has 1 aromatic carbocycles. The number of nitrogens with two attached hydrogens (primary N) is 1. The number of anilines is 1. The van der Waals surface area contributed by atoms with Crippen molar-refractivity contribution in [3.63, 3.8) is 0 Å². The number of halogens is 1. The molecule has 1 saturated carbocycles. The van der Waals surface area contributed by atoms with Crippen LogP contribution in [0.15, 0.2) is 24.3 Å². The summed E-state index contributed by atoms with van der Waals surface area (Å²) < 4.78 is 0. The average molecular weight is 311 g/mol. The number of amides is 1. The minimum Gasteiger partial charge on any atom is -0.399 e. The van der Waals surface area contributed by atoms with Crippen LogP contribution in [0.1, 0.15) is 51.5 Å². The maximum atomic E-state index is 12.0. The predicted molar refractivity (Wildman–Crippen MR) is 90.6 cm³/mol. The van der Waals surface area contributed by atoms with E-state index in [1.807, 2.05) is 24.3 Å². The molecule has 3 nitrogen and oxygen atoms in total. The second-order valence-corrected chi connectivity index (χ2v) is 6.70. The molecule has 0 saturated heterocycles. The molecule has 1 amide bonds. The number of nitrogens with one attached hydrogen (secondary N) is 1. The molecule has 118 valence electrons. The van der Waals surface area contributed by atoms with Crippen LogP contribution in [0.4, 0.5) is 5.69 Å². The van der Waals surface area contributed by atoms with Crippen LogP contribution < -0.4 is 11.1 Å². The van der Waals surface area contributed by atoms with E-state index in [2.05, 4.69) is 19.2 Å². The number of hydrogen-bond donors (Lipinski definition) is 2. The summed E-state index contributed by atoms with van der Waals surface area (Å²) in [6.07, 6.45) is 5.84. The van der Waals surface area contributed by atoms with Crippen LogP contribution in [0.2, 0.25) is 0 Å². The molecule has 3 N–H and O–H groups in total. The van der Waals surface area contributed by atoms with Crippen LogP contribution in [0.5, 0.6) is 0 Å². The van der Waals surface area contributed by atoms with E-state index in [-0.39, 0.29) is 18.3 Å². The summed E-state index contributed by atoms with van der Waals surface area (Å²) in [5.41, 5.74) is 8.17. The van der Waals surface area contributed by atoms with Gasteiger partial charge in [-0.05, 0) is 49.1 Å². The topological polar surface area (TPSA) is 55.1 Å². The lowest BCUT2D eigenvalue weighted by atomic mass is 9.75. The molecule has 2 rings (SSSR count). The third kappa shape index (κ3) is 5.58. The average Bonchev–Trinajstić information content (AvgIpc) is 2.40. The highest BCUT2D eigenvalue weighted by Gasteiger charge is 2.27. The van der Waals surface area contributed by atoms with Gasteiger partial charge in [-0.15, -0.1) is 12.4 Å². The van der Waals surface area contributed by atoms with Gasteiger partial charge < -0.3 is 11.1 Å². The van der Waals surface area contributed by atoms with Crippen molar-refractivity contribution in [2.75, 3.05) is 5.73 Å². The molecule has 0 atom stereocenters. The summed E-state index contributed by atoms with van der Waals surface area (Å²) in [6.45, 7) is 4.62. The Morgan fingerprint density at radius 3 is 2.52 bits per heavy atom. The van der Waals surface area contributed by atoms with Crippen LogP contribution in [-0.4, -0.2) is 11.9 Å². The van der Waals surface area contributed by atoms with Gasteiger partial charge in [0, 0.05) is 18.2 Å². The first kappa shape index (κ1) is 17.8. The van der Waals surface area contributed by atoms with Gasteiger partial charge in [0.25, 0.3) is 0 Å². The molecule has 0 radical (unpaired) electrons. The van der Waals surface area contributed by atoms with Crippen molar-refractivity contribution in [3.05, 3.63) is 29.8 Å². The molecule has 0 bridgehead atoms. The van der Waals surface area contributed by atoms with Crippen molar-refractivity contribution in [1.29, 1.82) is 0 Å². The van der Waals surface area contributed by atoms with E-state index in [0.29, 0.717) is 17.9 Å². The monoisotopic (exact) mass is 310 g/mol. The first-order chi connectivity index (χ1) is 9.46. The highest BCUT2D eigenvalue weighted by atomic mass is 35.5. The van der Waals surface area contributed by atoms with Crippen molar-refractivity contribution in [3.8, 4) is 0 Å². The lowest BCUT2D eigenvalue weighted by Crippen LogP contribution is -2.39. The summed E-state index contributed by atoms with van der Waals surface area (Å²) in [4.78, 5) is 12.0.